The van der Waals surface area contributed by atoms with Crippen molar-refractivity contribution in [2.75, 3.05) is 0 Å². The van der Waals surface area contributed by atoms with Crippen molar-refractivity contribution in [2.24, 2.45) is 5.73 Å². The van der Waals surface area contributed by atoms with Crippen molar-refractivity contribution in [3.63, 3.8) is 0 Å². The van der Waals surface area contributed by atoms with Crippen LogP contribution in [0.5, 0.6) is 0 Å². The maximum Gasteiger partial charge on any atom is 0.251 e. The Kier molecular flexibility index (Phi) is 2.49. The van der Waals surface area contributed by atoms with Crippen LogP contribution in [0.4, 0.5) is 0 Å². The number of aromatic nitrogens is 3. The Balaban J connectivity index is 2.47. The van der Waals surface area contributed by atoms with Crippen LogP contribution < -0.4 is 5.73 Å². The van der Waals surface area contributed by atoms with Crippen molar-refractivity contribution in [2.45, 2.75) is 0 Å². The van der Waals surface area contributed by atoms with E-state index in [0.29, 0.717) is 15.6 Å². The standard InChI is InChI=1S/C11H6BrClN4O/c12-7-1-4-6(3-15-7)17-10-8(13)5(11(14)18)2-16-9(4)10/h1-3,17H,(H2,14,18). The van der Waals surface area contributed by atoms with Crippen molar-refractivity contribution in [1.29, 1.82) is 0 Å². The molecule has 7 heteroatoms. The lowest BCUT2D eigenvalue weighted by molar-refractivity contribution is 0.100. The highest BCUT2D eigenvalue weighted by atomic mass is 79.9. The third-order valence-electron chi connectivity index (χ3n) is 2.67. The number of carbonyl (C=O) groups is 1. The van der Waals surface area contributed by atoms with Crippen molar-refractivity contribution < 1.29 is 4.79 Å². The van der Waals surface area contributed by atoms with Gasteiger partial charge in [-0.2, -0.15) is 0 Å². The predicted molar refractivity (Wildman–Crippen MR) is 72.6 cm³/mol. The number of nitrogens with zero attached hydrogens (tertiary/aromatic N) is 2. The van der Waals surface area contributed by atoms with Gasteiger partial charge in [0.2, 0.25) is 0 Å². The Labute approximate surface area is 114 Å². The minimum absolute atomic E-state index is 0.197. The second kappa shape index (κ2) is 3.93. The molecule has 0 radical (unpaired) electrons. The average Bonchev–Trinajstić information content (AvgIpc) is 2.68. The van der Waals surface area contributed by atoms with E-state index < -0.39 is 5.91 Å². The Morgan fingerprint density at radius 1 is 1.39 bits per heavy atom. The summed E-state index contributed by atoms with van der Waals surface area (Å²) in [6.07, 6.45) is 3.05. The number of rotatable bonds is 1. The molecule has 5 nitrogen and oxygen atoms in total. The van der Waals surface area contributed by atoms with Gasteiger partial charge in [-0.25, -0.2) is 4.98 Å². The van der Waals surface area contributed by atoms with Crippen LogP contribution in [0.1, 0.15) is 10.4 Å². The molecule has 0 unspecified atom stereocenters. The molecule has 0 fully saturated rings. The van der Waals surface area contributed by atoms with E-state index in [4.69, 9.17) is 17.3 Å². The maximum absolute atomic E-state index is 11.2. The predicted octanol–water partition coefficient (Wildman–Crippen LogP) is 2.63. The average molecular weight is 326 g/mol. The molecule has 90 valence electrons. The molecule has 0 aromatic carbocycles. The van der Waals surface area contributed by atoms with Crippen LogP contribution in [0.2, 0.25) is 5.02 Å². The zero-order chi connectivity index (χ0) is 12.9. The number of carbonyl (C=O) groups excluding carboxylic acids is 1. The number of hydrogen-bond donors (Lipinski definition) is 2. The number of amides is 1. The summed E-state index contributed by atoms with van der Waals surface area (Å²) in [5.74, 6) is -0.604. The molecule has 3 rings (SSSR count). The third-order valence-corrected chi connectivity index (χ3v) is 3.49. The van der Waals surface area contributed by atoms with Crippen molar-refractivity contribution in [1.82, 2.24) is 15.0 Å². The smallest absolute Gasteiger partial charge is 0.251 e. The molecule has 0 spiro atoms. The van der Waals surface area contributed by atoms with E-state index in [0.717, 1.165) is 10.9 Å². The molecule has 18 heavy (non-hydrogen) atoms. The molecule has 3 aromatic heterocycles. The molecule has 0 saturated heterocycles. The molecule has 0 atom stereocenters. The summed E-state index contributed by atoms with van der Waals surface area (Å²) in [6.45, 7) is 0. The summed E-state index contributed by atoms with van der Waals surface area (Å²) in [5.41, 5.74) is 7.49. The maximum atomic E-state index is 11.2. The van der Waals surface area contributed by atoms with Gasteiger partial charge in [0.25, 0.3) is 5.91 Å². The molecule has 1 amide bonds. The van der Waals surface area contributed by atoms with E-state index in [9.17, 15) is 4.79 Å². The summed E-state index contributed by atoms with van der Waals surface area (Å²) >= 11 is 9.44. The zero-order valence-corrected chi connectivity index (χ0v) is 11.2. The van der Waals surface area contributed by atoms with Crippen molar-refractivity contribution in [3.8, 4) is 0 Å². The topological polar surface area (TPSA) is 84.7 Å². The van der Waals surface area contributed by atoms with E-state index in [1.807, 2.05) is 6.07 Å². The van der Waals surface area contributed by atoms with Gasteiger partial charge < -0.3 is 10.7 Å². The van der Waals surface area contributed by atoms with E-state index in [-0.39, 0.29) is 10.6 Å². The Morgan fingerprint density at radius 2 is 2.17 bits per heavy atom. The van der Waals surface area contributed by atoms with Gasteiger partial charge in [-0.15, -0.1) is 0 Å². The normalized spacial score (nSPS) is 11.2. The first-order valence-electron chi connectivity index (χ1n) is 4.99. The second-order valence-corrected chi connectivity index (χ2v) is 4.94. The molecule has 0 bridgehead atoms. The minimum atomic E-state index is -0.604. The highest BCUT2D eigenvalue weighted by Gasteiger charge is 2.15. The lowest BCUT2D eigenvalue weighted by atomic mass is 10.2. The number of H-pyrrole nitrogens is 1. The van der Waals surface area contributed by atoms with Gasteiger partial charge in [-0.05, 0) is 22.0 Å². The van der Waals surface area contributed by atoms with E-state index in [1.54, 1.807) is 6.20 Å². The van der Waals surface area contributed by atoms with Crippen LogP contribution in [0.25, 0.3) is 21.9 Å². The Morgan fingerprint density at radius 3 is 2.89 bits per heavy atom. The molecule has 0 saturated carbocycles. The van der Waals surface area contributed by atoms with Crippen molar-refractivity contribution >= 4 is 55.4 Å². The SMILES string of the molecule is NC(=O)c1cnc2c([nH]c3cnc(Br)cc32)c1Cl. The van der Waals surface area contributed by atoms with Gasteiger partial charge in [0.05, 0.1) is 33.3 Å². The Bertz CT molecular complexity index is 798. The van der Waals surface area contributed by atoms with E-state index in [2.05, 4.69) is 30.9 Å². The summed E-state index contributed by atoms with van der Waals surface area (Å²) in [7, 11) is 0. The fourth-order valence-corrected chi connectivity index (χ4v) is 2.45. The number of aromatic amines is 1. The summed E-state index contributed by atoms with van der Waals surface area (Å²) in [6, 6.07) is 1.83. The lowest BCUT2D eigenvalue weighted by Crippen LogP contribution is -2.12. The number of hydrogen-bond acceptors (Lipinski definition) is 3. The number of nitrogens with two attached hydrogens (primary N) is 1. The lowest BCUT2D eigenvalue weighted by Gasteiger charge is -1.99. The third kappa shape index (κ3) is 1.57. The largest absolute Gasteiger partial charge is 0.366 e. The Hall–Kier alpha value is -1.66. The van der Waals surface area contributed by atoms with E-state index in [1.165, 1.54) is 6.20 Å². The second-order valence-electron chi connectivity index (χ2n) is 3.75. The summed E-state index contributed by atoms with van der Waals surface area (Å²) in [5, 5.41) is 1.16. The van der Waals surface area contributed by atoms with Crippen LogP contribution in [0.15, 0.2) is 23.1 Å². The molecule has 0 aliphatic rings. The molecule has 3 aromatic rings. The molecular formula is C11H6BrClN4O. The zero-order valence-electron chi connectivity index (χ0n) is 8.87. The first-order valence-corrected chi connectivity index (χ1v) is 6.16. The van der Waals surface area contributed by atoms with Crippen LogP contribution in [0, 0.1) is 0 Å². The number of halogens is 2. The quantitative estimate of drug-likeness (QED) is 0.674. The summed E-state index contributed by atoms with van der Waals surface area (Å²) in [4.78, 5) is 22.6. The highest BCUT2D eigenvalue weighted by Crippen LogP contribution is 2.31. The number of fused-ring (bicyclic) bond motifs is 3. The molecule has 0 aliphatic carbocycles. The molecule has 3 heterocycles. The van der Waals surface area contributed by atoms with Gasteiger partial charge in [0, 0.05) is 11.6 Å². The van der Waals surface area contributed by atoms with Gasteiger partial charge in [0.15, 0.2) is 0 Å². The first kappa shape index (κ1) is 11.4. The van der Waals surface area contributed by atoms with Crippen LogP contribution in [-0.4, -0.2) is 20.9 Å². The summed E-state index contributed by atoms with van der Waals surface area (Å²) < 4.78 is 0.702. The van der Waals surface area contributed by atoms with E-state index >= 15 is 0 Å². The van der Waals surface area contributed by atoms with Gasteiger partial charge >= 0.3 is 0 Å². The fraction of sp³-hybridized carbons (Fsp3) is 0. The van der Waals surface area contributed by atoms with Crippen LogP contribution in [0.3, 0.4) is 0 Å². The first-order chi connectivity index (χ1) is 8.58. The minimum Gasteiger partial charge on any atom is -0.366 e. The van der Waals surface area contributed by atoms with Gasteiger partial charge in [-0.3, -0.25) is 9.78 Å². The van der Waals surface area contributed by atoms with Gasteiger partial charge in [-0.1, -0.05) is 11.6 Å². The number of pyridine rings is 2. The number of nitrogens with one attached hydrogen (secondary N) is 1. The molecule has 0 aliphatic heterocycles. The molecule has 3 N–H and O–H groups in total. The molecular weight excluding hydrogens is 320 g/mol. The fourth-order valence-electron chi connectivity index (χ4n) is 1.84. The highest BCUT2D eigenvalue weighted by molar-refractivity contribution is 9.10. The van der Waals surface area contributed by atoms with Crippen LogP contribution in [-0.2, 0) is 0 Å². The van der Waals surface area contributed by atoms with Gasteiger partial charge in [0.1, 0.15) is 4.60 Å². The van der Waals surface area contributed by atoms with Crippen molar-refractivity contribution in [3.05, 3.63) is 33.6 Å². The van der Waals surface area contributed by atoms with Crippen LogP contribution >= 0.6 is 27.5 Å². The monoisotopic (exact) mass is 324 g/mol. The number of primary amides is 1.